The summed E-state index contributed by atoms with van der Waals surface area (Å²) >= 11 is 0. The topological polar surface area (TPSA) is 75.3 Å². The van der Waals surface area contributed by atoms with Crippen LogP contribution in [0.25, 0.3) is 0 Å². The predicted molar refractivity (Wildman–Crippen MR) is 78.0 cm³/mol. The third-order valence-corrected chi connectivity index (χ3v) is 3.31. The Morgan fingerprint density at radius 1 is 1.21 bits per heavy atom. The van der Waals surface area contributed by atoms with Gasteiger partial charge in [0.05, 0.1) is 0 Å². The van der Waals surface area contributed by atoms with Crippen molar-refractivity contribution in [2.45, 2.75) is 52.1 Å². The average Bonchev–Trinajstić information content (AvgIpc) is 2.12. The van der Waals surface area contributed by atoms with Crippen LogP contribution in [0.5, 0.6) is 0 Å². The van der Waals surface area contributed by atoms with Gasteiger partial charge in [0.2, 0.25) is 15.9 Å². The standard InChI is InChI=1S/C13H24N2O3S/c1-7-19(17,18)15-13(5,6)10-8-9-11(16)14-12(2,3)4/h7-9,15H,1,10H2,2-6H3,(H,14,16)/b9-8-. The van der Waals surface area contributed by atoms with E-state index in [9.17, 15) is 13.2 Å². The maximum atomic E-state index is 11.5. The molecule has 6 heteroatoms. The van der Waals surface area contributed by atoms with E-state index in [-0.39, 0.29) is 11.4 Å². The summed E-state index contributed by atoms with van der Waals surface area (Å²) in [4.78, 5) is 11.5. The summed E-state index contributed by atoms with van der Waals surface area (Å²) in [5.41, 5.74) is -0.965. The van der Waals surface area contributed by atoms with Crippen molar-refractivity contribution in [2.24, 2.45) is 0 Å². The van der Waals surface area contributed by atoms with Crippen LogP contribution < -0.4 is 10.0 Å². The molecule has 0 spiro atoms. The number of carbonyl (C=O) groups is 1. The van der Waals surface area contributed by atoms with E-state index >= 15 is 0 Å². The van der Waals surface area contributed by atoms with Gasteiger partial charge in [0, 0.05) is 16.5 Å². The van der Waals surface area contributed by atoms with Gasteiger partial charge >= 0.3 is 0 Å². The smallest absolute Gasteiger partial charge is 0.244 e. The molecule has 0 aromatic heterocycles. The second-order valence-electron chi connectivity index (χ2n) is 6.04. The van der Waals surface area contributed by atoms with Crippen LogP contribution in [0.3, 0.4) is 0 Å². The summed E-state index contributed by atoms with van der Waals surface area (Å²) in [6.45, 7) is 12.4. The molecule has 0 aliphatic heterocycles. The van der Waals surface area contributed by atoms with Crippen LogP contribution in [-0.4, -0.2) is 25.4 Å². The molecule has 110 valence electrons. The molecule has 5 nitrogen and oxygen atoms in total. The highest BCUT2D eigenvalue weighted by Crippen LogP contribution is 2.11. The molecule has 0 radical (unpaired) electrons. The Kier molecular flexibility index (Phi) is 5.96. The Morgan fingerprint density at radius 3 is 2.16 bits per heavy atom. The van der Waals surface area contributed by atoms with E-state index in [1.165, 1.54) is 6.08 Å². The van der Waals surface area contributed by atoms with E-state index in [0.717, 1.165) is 5.41 Å². The molecule has 0 bridgehead atoms. The number of nitrogens with one attached hydrogen (secondary N) is 2. The first-order chi connectivity index (χ1) is 8.37. The Bertz CT molecular complexity index is 457. The summed E-state index contributed by atoms with van der Waals surface area (Å²) < 4.78 is 25.2. The second-order valence-corrected chi connectivity index (χ2v) is 7.67. The molecule has 0 aliphatic rings. The first kappa shape index (κ1) is 17.9. The van der Waals surface area contributed by atoms with Crippen molar-refractivity contribution in [3.05, 3.63) is 24.1 Å². The van der Waals surface area contributed by atoms with Crippen molar-refractivity contribution in [1.82, 2.24) is 10.0 Å². The molecule has 2 N–H and O–H groups in total. The lowest BCUT2D eigenvalue weighted by Crippen LogP contribution is -2.42. The van der Waals surface area contributed by atoms with Crippen LogP contribution in [0, 0.1) is 0 Å². The van der Waals surface area contributed by atoms with Crippen LogP contribution >= 0.6 is 0 Å². The summed E-state index contributed by atoms with van der Waals surface area (Å²) in [5.74, 6) is -0.199. The molecule has 0 saturated heterocycles. The summed E-state index contributed by atoms with van der Waals surface area (Å²) in [6.07, 6.45) is 3.46. The van der Waals surface area contributed by atoms with E-state index in [0.29, 0.717) is 6.42 Å². The van der Waals surface area contributed by atoms with Gasteiger partial charge in [-0.2, -0.15) is 0 Å². The highest BCUT2D eigenvalue weighted by molar-refractivity contribution is 7.92. The van der Waals surface area contributed by atoms with Crippen LogP contribution in [-0.2, 0) is 14.8 Å². The van der Waals surface area contributed by atoms with Gasteiger partial charge in [-0.25, -0.2) is 13.1 Å². The molecule has 1 amide bonds. The first-order valence-corrected chi connectivity index (χ1v) is 7.57. The second kappa shape index (κ2) is 6.34. The van der Waals surface area contributed by atoms with E-state index in [4.69, 9.17) is 0 Å². The zero-order valence-electron chi connectivity index (χ0n) is 12.3. The molecule has 0 saturated carbocycles. The number of hydrogen-bond donors (Lipinski definition) is 2. The first-order valence-electron chi connectivity index (χ1n) is 6.02. The fraction of sp³-hybridized carbons (Fsp3) is 0.615. The number of sulfonamides is 1. The van der Waals surface area contributed by atoms with Crippen LogP contribution in [0.15, 0.2) is 24.1 Å². The molecule has 0 unspecified atom stereocenters. The van der Waals surface area contributed by atoms with Gasteiger partial charge in [-0.05, 0) is 47.1 Å². The molecule has 0 aliphatic carbocycles. The lowest BCUT2D eigenvalue weighted by Gasteiger charge is -2.23. The lowest BCUT2D eigenvalue weighted by atomic mass is 10.0. The van der Waals surface area contributed by atoms with E-state index in [1.54, 1.807) is 19.9 Å². The summed E-state index contributed by atoms with van der Waals surface area (Å²) in [7, 11) is -3.48. The van der Waals surface area contributed by atoms with Gasteiger partial charge in [0.25, 0.3) is 0 Å². The number of amides is 1. The average molecular weight is 288 g/mol. The van der Waals surface area contributed by atoms with Crippen molar-refractivity contribution in [3.63, 3.8) is 0 Å². The van der Waals surface area contributed by atoms with Crippen molar-refractivity contribution in [2.75, 3.05) is 0 Å². The van der Waals surface area contributed by atoms with Gasteiger partial charge in [0.1, 0.15) is 0 Å². The fourth-order valence-corrected chi connectivity index (χ4v) is 2.28. The predicted octanol–water partition coefficient (Wildman–Crippen LogP) is 1.69. The van der Waals surface area contributed by atoms with E-state index in [2.05, 4.69) is 16.6 Å². The molecule has 0 aromatic rings. The third-order valence-electron chi connectivity index (χ3n) is 2.03. The minimum Gasteiger partial charge on any atom is -0.348 e. The number of rotatable bonds is 6. The Morgan fingerprint density at radius 2 is 1.74 bits per heavy atom. The minimum absolute atomic E-state index is 0.199. The van der Waals surface area contributed by atoms with Crippen LogP contribution in [0.1, 0.15) is 41.0 Å². The Labute approximate surface area is 116 Å². The normalized spacial score (nSPS) is 13.5. The molecule has 0 atom stereocenters. The van der Waals surface area contributed by atoms with Gasteiger partial charge in [-0.3, -0.25) is 4.79 Å². The number of hydrogen-bond acceptors (Lipinski definition) is 3. The van der Waals surface area contributed by atoms with Gasteiger partial charge < -0.3 is 5.32 Å². The number of carbonyl (C=O) groups excluding carboxylic acids is 1. The zero-order valence-corrected chi connectivity index (χ0v) is 13.1. The third kappa shape index (κ3) is 9.44. The quantitative estimate of drug-likeness (QED) is 0.730. The molecule has 0 heterocycles. The largest absolute Gasteiger partial charge is 0.348 e. The maximum absolute atomic E-state index is 11.5. The molecule has 0 rings (SSSR count). The molecule has 19 heavy (non-hydrogen) atoms. The molecule has 0 fully saturated rings. The fourth-order valence-electron chi connectivity index (χ4n) is 1.34. The zero-order chi connectivity index (χ0) is 15.3. The summed E-state index contributed by atoms with van der Waals surface area (Å²) in [5, 5.41) is 3.65. The van der Waals surface area contributed by atoms with Crippen molar-refractivity contribution in [3.8, 4) is 0 Å². The molecule has 0 aromatic carbocycles. The monoisotopic (exact) mass is 288 g/mol. The lowest BCUT2D eigenvalue weighted by molar-refractivity contribution is -0.117. The Balaban J connectivity index is 4.47. The van der Waals surface area contributed by atoms with Gasteiger partial charge in [-0.15, -0.1) is 0 Å². The van der Waals surface area contributed by atoms with E-state index < -0.39 is 15.6 Å². The molecular weight excluding hydrogens is 264 g/mol. The van der Waals surface area contributed by atoms with Crippen molar-refractivity contribution < 1.29 is 13.2 Å². The minimum atomic E-state index is -3.48. The maximum Gasteiger partial charge on any atom is 0.244 e. The highest BCUT2D eigenvalue weighted by Gasteiger charge is 2.21. The van der Waals surface area contributed by atoms with E-state index in [1.807, 2.05) is 20.8 Å². The SMILES string of the molecule is C=CS(=O)(=O)NC(C)(C)C/C=C\C(=O)NC(C)(C)C. The van der Waals surface area contributed by atoms with Gasteiger partial charge in [-0.1, -0.05) is 12.7 Å². The molecular formula is C13H24N2O3S. The van der Waals surface area contributed by atoms with Gasteiger partial charge in [0.15, 0.2) is 0 Å². The summed E-state index contributed by atoms with van der Waals surface area (Å²) in [6, 6.07) is 0. The van der Waals surface area contributed by atoms with Crippen LogP contribution in [0.2, 0.25) is 0 Å². The highest BCUT2D eigenvalue weighted by atomic mass is 32.2. The van der Waals surface area contributed by atoms with Crippen LogP contribution in [0.4, 0.5) is 0 Å². The van der Waals surface area contributed by atoms with Crippen molar-refractivity contribution >= 4 is 15.9 Å². The Hall–Kier alpha value is -1.14. The van der Waals surface area contributed by atoms with Crippen molar-refractivity contribution in [1.29, 1.82) is 0 Å².